The second-order valence-electron chi connectivity index (χ2n) is 9.79. The molecule has 1 aromatic carbocycles. The molecule has 1 N–H and O–H groups in total. The summed E-state index contributed by atoms with van der Waals surface area (Å²) in [6, 6.07) is 8.26. The Hall–Kier alpha value is -2.77. The van der Waals surface area contributed by atoms with Crippen LogP contribution in [0.25, 0.3) is 6.08 Å². The lowest BCUT2D eigenvalue weighted by atomic mass is 10.0. The maximum Gasteiger partial charge on any atom is 0.407 e. The molecule has 0 fully saturated rings. The zero-order valence-corrected chi connectivity index (χ0v) is 25.9. The molecule has 232 valence electrons. The van der Waals surface area contributed by atoms with Crippen molar-refractivity contribution < 1.29 is 28.5 Å². The van der Waals surface area contributed by atoms with Gasteiger partial charge in [0.2, 0.25) is 5.91 Å². The van der Waals surface area contributed by atoms with Crippen molar-refractivity contribution in [3.05, 3.63) is 48.1 Å². The Morgan fingerprint density at radius 3 is 2.57 bits per heavy atom. The number of hydrogen-bond donors (Lipinski definition) is 1. The van der Waals surface area contributed by atoms with Crippen LogP contribution in [-0.4, -0.2) is 88.0 Å². The van der Waals surface area contributed by atoms with E-state index in [0.717, 1.165) is 49.8 Å². The first-order valence-corrected chi connectivity index (χ1v) is 16.0. The van der Waals surface area contributed by atoms with Gasteiger partial charge in [0.1, 0.15) is 6.10 Å². The number of terminal acetylenes is 1. The van der Waals surface area contributed by atoms with E-state index in [1.807, 2.05) is 30.0 Å². The normalized spacial score (nSPS) is 15.9. The first-order chi connectivity index (χ1) is 20.6. The standard InChI is InChI=1S/C33H48N2O6S/c1-3-20-35(21-12-14-29-13-10-11-17-31(29)42-28-4-2)32(36)18-22-38-24-26-40-27-25-39-23-19-34-33(37)41-30-15-8-6-5-7-9-16-30/h1,5-6,10-14,17,30H,4,7-9,15-16,18-28H2,2H3,(H,34,37)/b6-5+,14-12+. The third kappa shape index (κ3) is 16.6. The van der Waals surface area contributed by atoms with Crippen LogP contribution < -0.4 is 5.32 Å². The summed E-state index contributed by atoms with van der Waals surface area (Å²) in [6.45, 7) is 5.59. The van der Waals surface area contributed by atoms with Gasteiger partial charge in [-0.1, -0.05) is 55.3 Å². The third-order valence-corrected chi connectivity index (χ3v) is 7.65. The van der Waals surface area contributed by atoms with Crippen molar-refractivity contribution >= 4 is 29.8 Å². The molecule has 0 radical (unpaired) electrons. The molecule has 0 bridgehead atoms. The quantitative estimate of drug-likeness (QED) is 0.0887. The number of thioether (sulfide) groups is 1. The topological polar surface area (TPSA) is 86.3 Å². The molecule has 0 heterocycles. The van der Waals surface area contributed by atoms with Gasteiger partial charge in [-0.05, 0) is 55.9 Å². The average molecular weight is 601 g/mol. The number of allylic oxidation sites excluding steroid dienone is 2. The van der Waals surface area contributed by atoms with E-state index in [0.29, 0.717) is 52.7 Å². The van der Waals surface area contributed by atoms with E-state index in [9.17, 15) is 9.59 Å². The molecule has 0 aliphatic heterocycles. The molecule has 2 amide bonds. The lowest BCUT2D eigenvalue weighted by molar-refractivity contribution is -0.131. The Kier molecular flexibility index (Phi) is 20.0. The molecule has 8 nitrogen and oxygen atoms in total. The predicted octanol–water partition coefficient (Wildman–Crippen LogP) is 5.72. The van der Waals surface area contributed by atoms with Crippen molar-refractivity contribution in [1.82, 2.24) is 10.2 Å². The van der Waals surface area contributed by atoms with E-state index >= 15 is 0 Å². The molecule has 1 atom stereocenters. The van der Waals surface area contributed by atoms with Crippen molar-refractivity contribution in [2.24, 2.45) is 0 Å². The minimum atomic E-state index is -0.387. The number of nitrogens with zero attached hydrogens (tertiary/aromatic N) is 1. The maximum absolute atomic E-state index is 12.6. The van der Waals surface area contributed by atoms with Gasteiger partial charge in [0.25, 0.3) is 0 Å². The molecule has 42 heavy (non-hydrogen) atoms. The van der Waals surface area contributed by atoms with Gasteiger partial charge in [-0.3, -0.25) is 4.79 Å². The van der Waals surface area contributed by atoms with Gasteiger partial charge in [0, 0.05) is 18.0 Å². The van der Waals surface area contributed by atoms with Crippen LogP contribution in [0, 0.1) is 12.3 Å². The SMILES string of the molecule is C#CCN(C/C=C/c1ccccc1SCCC)C(=O)CCOCCOCCOCCNC(=O)OC1CC/C=C/CCC1. The highest BCUT2D eigenvalue weighted by molar-refractivity contribution is 7.99. The van der Waals surface area contributed by atoms with Crippen molar-refractivity contribution in [1.29, 1.82) is 0 Å². The molecule has 0 saturated carbocycles. The Balaban J connectivity index is 1.48. The highest BCUT2D eigenvalue weighted by Gasteiger charge is 2.14. The number of amides is 2. The van der Waals surface area contributed by atoms with Crippen LogP contribution in [-0.2, 0) is 23.7 Å². The number of benzene rings is 1. The molecular weight excluding hydrogens is 552 g/mol. The molecule has 2 rings (SSSR count). The summed E-state index contributed by atoms with van der Waals surface area (Å²) >= 11 is 1.84. The summed E-state index contributed by atoms with van der Waals surface area (Å²) < 4.78 is 22.0. The number of nitrogens with one attached hydrogen (secondary N) is 1. The van der Waals surface area contributed by atoms with E-state index < -0.39 is 0 Å². The Labute approximate surface area is 256 Å². The molecule has 9 heteroatoms. The Morgan fingerprint density at radius 2 is 1.79 bits per heavy atom. The fourth-order valence-corrected chi connectivity index (χ4v) is 5.06. The molecule has 0 saturated heterocycles. The van der Waals surface area contributed by atoms with Crippen LogP contribution >= 0.6 is 11.8 Å². The summed E-state index contributed by atoms with van der Waals surface area (Å²) in [5.74, 6) is 3.60. The molecule has 0 aromatic heterocycles. The predicted molar refractivity (Wildman–Crippen MR) is 169 cm³/mol. The molecule has 0 spiro atoms. The second-order valence-corrected chi connectivity index (χ2v) is 10.9. The van der Waals surface area contributed by atoms with Crippen LogP contribution in [0.1, 0.15) is 57.4 Å². The fourth-order valence-electron chi connectivity index (χ4n) is 4.15. The van der Waals surface area contributed by atoms with Gasteiger partial charge in [-0.2, -0.15) is 0 Å². The number of carbonyl (C=O) groups is 2. The van der Waals surface area contributed by atoms with Gasteiger partial charge >= 0.3 is 6.09 Å². The first-order valence-electron chi connectivity index (χ1n) is 15.1. The summed E-state index contributed by atoms with van der Waals surface area (Å²) in [7, 11) is 0. The molecule has 1 aliphatic carbocycles. The van der Waals surface area contributed by atoms with Crippen LogP contribution in [0.4, 0.5) is 4.79 Å². The molecule has 1 aromatic rings. The van der Waals surface area contributed by atoms with E-state index in [-0.39, 0.29) is 31.1 Å². The van der Waals surface area contributed by atoms with Crippen LogP contribution in [0.15, 0.2) is 47.4 Å². The minimum absolute atomic E-state index is 0.0170. The Bertz CT molecular complexity index is 993. The highest BCUT2D eigenvalue weighted by Crippen LogP contribution is 2.24. The van der Waals surface area contributed by atoms with Crippen molar-refractivity contribution in [2.75, 3.05) is 65.0 Å². The lowest BCUT2D eigenvalue weighted by Gasteiger charge is -2.18. The fraction of sp³-hybridized carbons (Fsp3) is 0.576. The monoisotopic (exact) mass is 600 g/mol. The number of carbonyl (C=O) groups excluding carboxylic acids is 2. The van der Waals surface area contributed by atoms with Crippen LogP contribution in [0.3, 0.4) is 0 Å². The maximum atomic E-state index is 12.6. The zero-order valence-electron chi connectivity index (χ0n) is 25.1. The van der Waals surface area contributed by atoms with Gasteiger partial charge in [0.15, 0.2) is 0 Å². The van der Waals surface area contributed by atoms with E-state index in [1.165, 1.54) is 4.90 Å². The van der Waals surface area contributed by atoms with Crippen LogP contribution in [0.2, 0.25) is 0 Å². The molecule has 1 aliphatic rings. The summed E-state index contributed by atoms with van der Waals surface area (Å²) in [5.41, 5.74) is 1.15. The van der Waals surface area contributed by atoms with Gasteiger partial charge in [0.05, 0.1) is 52.6 Å². The second kappa shape index (κ2) is 23.8. The van der Waals surface area contributed by atoms with E-state index in [2.05, 4.69) is 48.5 Å². The van der Waals surface area contributed by atoms with Gasteiger partial charge in [-0.15, -0.1) is 18.2 Å². The third-order valence-electron chi connectivity index (χ3n) is 6.35. The highest BCUT2D eigenvalue weighted by atomic mass is 32.2. The number of ether oxygens (including phenoxy) is 4. The van der Waals surface area contributed by atoms with Crippen molar-refractivity contribution in [3.63, 3.8) is 0 Å². The van der Waals surface area contributed by atoms with Crippen LogP contribution in [0.5, 0.6) is 0 Å². The number of rotatable bonds is 20. The van der Waals surface area contributed by atoms with Gasteiger partial charge < -0.3 is 29.2 Å². The largest absolute Gasteiger partial charge is 0.446 e. The zero-order chi connectivity index (χ0) is 30.1. The van der Waals surface area contributed by atoms with Crippen molar-refractivity contribution in [3.8, 4) is 12.3 Å². The minimum Gasteiger partial charge on any atom is -0.446 e. The molecule has 1 unspecified atom stereocenters. The number of alkyl carbamates (subject to hydrolysis) is 1. The first kappa shape index (κ1) is 35.4. The van der Waals surface area contributed by atoms with E-state index in [4.69, 9.17) is 25.4 Å². The van der Waals surface area contributed by atoms with Crippen molar-refractivity contribution in [2.45, 2.75) is 62.9 Å². The summed E-state index contributed by atoms with van der Waals surface area (Å²) in [4.78, 5) is 27.5. The summed E-state index contributed by atoms with van der Waals surface area (Å²) in [6.07, 6.45) is 19.7. The Morgan fingerprint density at radius 1 is 1.05 bits per heavy atom. The molecular formula is C33H48N2O6S. The number of hydrogen-bond acceptors (Lipinski definition) is 7. The summed E-state index contributed by atoms with van der Waals surface area (Å²) in [5, 5.41) is 2.73. The van der Waals surface area contributed by atoms with Gasteiger partial charge in [-0.25, -0.2) is 4.79 Å². The lowest BCUT2D eigenvalue weighted by Crippen LogP contribution is -2.32. The van der Waals surface area contributed by atoms with E-state index in [1.54, 1.807) is 4.90 Å². The smallest absolute Gasteiger partial charge is 0.407 e. The average Bonchev–Trinajstić information content (AvgIpc) is 2.98.